The molecule has 2 aromatic carbocycles. The zero-order valence-corrected chi connectivity index (χ0v) is 16.1. The SMILES string of the molecule is CC/C(=C(\c1ccccc1)c1ccc(OCCNC)cc1)C1CCCC1. The summed E-state index contributed by atoms with van der Waals surface area (Å²) in [5.41, 5.74) is 5.69. The first kappa shape index (κ1) is 18.7. The van der Waals surface area contributed by atoms with E-state index in [-0.39, 0.29) is 0 Å². The molecule has 2 aromatic rings. The average Bonchev–Trinajstić information content (AvgIpc) is 3.22. The lowest BCUT2D eigenvalue weighted by molar-refractivity contribution is 0.318. The van der Waals surface area contributed by atoms with E-state index in [1.54, 1.807) is 5.57 Å². The van der Waals surface area contributed by atoms with Crippen molar-refractivity contribution in [2.24, 2.45) is 5.92 Å². The maximum Gasteiger partial charge on any atom is 0.119 e. The normalized spacial score (nSPS) is 15.8. The largest absolute Gasteiger partial charge is 0.492 e. The Kier molecular flexibility index (Phi) is 6.90. The zero-order chi connectivity index (χ0) is 18.2. The van der Waals surface area contributed by atoms with Gasteiger partial charge in [0.25, 0.3) is 0 Å². The molecule has 0 spiro atoms. The number of rotatable bonds is 8. The standard InChI is InChI=1S/C24H31NO/c1-3-23(19-9-7-8-10-19)24(20-11-5-4-6-12-20)21-13-15-22(16-14-21)26-18-17-25-2/h4-6,11-16,19,25H,3,7-10,17-18H2,1-2H3/b24-23-. The zero-order valence-electron chi connectivity index (χ0n) is 16.1. The molecule has 0 radical (unpaired) electrons. The lowest BCUT2D eigenvalue weighted by atomic mass is 9.84. The number of hydrogen-bond acceptors (Lipinski definition) is 2. The van der Waals surface area contributed by atoms with Crippen molar-refractivity contribution in [1.82, 2.24) is 5.32 Å². The number of likely N-dealkylation sites (N-methyl/N-ethyl adjacent to an activating group) is 1. The van der Waals surface area contributed by atoms with Crippen LogP contribution in [0.15, 0.2) is 60.2 Å². The van der Waals surface area contributed by atoms with Gasteiger partial charge in [0.1, 0.15) is 12.4 Å². The van der Waals surface area contributed by atoms with E-state index in [9.17, 15) is 0 Å². The lowest BCUT2D eigenvalue weighted by Gasteiger charge is -2.21. The van der Waals surface area contributed by atoms with Crippen molar-refractivity contribution in [2.45, 2.75) is 39.0 Å². The molecule has 1 aliphatic carbocycles. The molecule has 138 valence electrons. The van der Waals surface area contributed by atoms with Crippen molar-refractivity contribution in [3.05, 3.63) is 71.3 Å². The van der Waals surface area contributed by atoms with Crippen LogP contribution in [0.2, 0.25) is 0 Å². The first-order valence-electron chi connectivity index (χ1n) is 9.99. The lowest BCUT2D eigenvalue weighted by Crippen LogP contribution is -2.15. The molecule has 2 nitrogen and oxygen atoms in total. The molecule has 0 unspecified atom stereocenters. The summed E-state index contributed by atoms with van der Waals surface area (Å²) in [7, 11) is 1.94. The fourth-order valence-corrected chi connectivity index (χ4v) is 4.07. The highest BCUT2D eigenvalue weighted by Gasteiger charge is 2.22. The fraction of sp³-hybridized carbons (Fsp3) is 0.417. The molecule has 0 aliphatic heterocycles. The summed E-state index contributed by atoms with van der Waals surface area (Å²) >= 11 is 0. The van der Waals surface area contributed by atoms with Gasteiger partial charge < -0.3 is 10.1 Å². The van der Waals surface area contributed by atoms with Crippen molar-refractivity contribution >= 4 is 5.57 Å². The molecule has 1 saturated carbocycles. The molecule has 0 saturated heterocycles. The highest BCUT2D eigenvalue weighted by atomic mass is 16.5. The maximum atomic E-state index is 5.79. The van der Waals surface area contributed by atoms with Crippen molar-refractivity contribution in [3.8, 4) is 5.75 Å². The van der Waals surface area contributed by atoms with E-state index in [4.69, 9.17) is 4.74 Å². The van der Waals surface area contributed by atoms with Crippen LogP contribution >= 0.6 is 0 Å². The predicted molar refractivity (Wildman–Crippen MR) is 111 cm³/mol. The number of benzene rings is 2. The quantitative estimate of drug-likeness (QED) is 0.618. The van der Waals surface area contributed by atoms with Gasteiger partial charge in [0.2, 0.25) is 0 Å². The molecular formula is C24H31NO. The summed E-state index contributed by atoms with van der Waals surface area (Å²) in [4.78, 5) is 0. The van der Waals surface area contributed by atoms with Crippen molar-refractivity contribution in [2.75, 3.05) is 20.2 Å². The van der Waals surface area contributed by atoms with Crippen LogP contribution in [0.1, 0.15) is 50.2 Å². The molecule has 1 N–H and O–H groups in total. The second kappa shape index (κ2) is 9.59. The molecule has 0 bridgehead atoms. The molecule has 0 heterocycles. The van der Waals surface area contributed by atoms with Gasteiger partial charge in [0, 0.05) is 6.54 Å². The van der Waals surface area contributed by atoms with Crippen LogP contribution in [0, 0.1) is 5.92 Å². The Labute approximate surface area is 158 Å². The Balaban J connectivity index is 1.95. The molecule has 1 fully saturated rings. The van der Waals surface area contributed by atoms with Gasteiger partial charge in [-0.2, -0.15) is 0 Å². The minimum Gasteiger partial charge on any atom is -0.492 e. The molecular weight excluding hydrogens is 318 g/mol. The van der Waals surface area contributed by atoms with Gasteiger partial charge >= 0.3 is 0 Å². The summed E-state index contributed by atoms with van der Waals surface area (Å²) in [6.07, 6.45) is 6.54. The minimum atomic E-state index is 0.694. The first-order chi connectivity index (χ1) is 12.8. The van der Waals surface area contributed by atoms with Gasteiger partial charge in [-0.05, 0) is 61.1 Å². The number of hydrogen-bond donors (Lipinski definition) is 1. The van der Waals surface area contributed by atoms with Gasteiger partial charge in [-0.15, -0.1) is 0 Å². The number of nitrogens with one attached hydrogen (secondary N) is 1. The van der Waals surface area contributed by atoms with Gasteiger partial charge in [0.05, 0.1) is 0 Å². The Morgan fingerprint density at radius 1 is 0.962 bits per heavy atom. The Hall–Kier alpha value is -2.06. The van der Waals surface area contributed by atoms with Crippen molar-refractivity contribution in [3.63, 3.8) is 0 Å². The minimum absolute atomic E-state index is 0.694. The third kappa shape index (κ3) is 4.56. The predicted octanol–water partition coefficient (Wildman–Crippen LogP) is 5.69. The Morgan fingerprint density at radius 3 is 2.23 bits per heavy atom. The molecule has 0 atom stereocenters. The van der Waals surface area contributed by atoms with Crippen LogP contribution in [0.5, 0.6) is 5.75 Å². The third-order valence-corrected chi connectivity index (χ3v) is 5.38. The highest BCUT2D eigenvalue weighted by molar-refractivity contribution is 5.82. The highest BCUT2D eigenvalue weighted by Crippen LogP contribution is 2.39. The molecule has 26 heavy (non-hydrogen) atoms. The van der Waals surface area contributed by atoms with Crippen LogP contribution in [-0.2, 0) is 0 Å². The van der Waals surface area contributed by atoms with Crippen LogP contribution in [0.25, 0.3) is 5.57 Å². The topological polar surface area (TPSA) is 21.3 Å². The second-order valence-corrected chi connectivity index (χ2v) is 7.08. The van der Waals surface area contributed by atoms with Gasteiger partial charge in [0.15, 0.2) is 0 Å². The van der Waals surface area contributed by atoms with Crippen LogP contribution < -0.4 is 10.1 Å². The van der Waals surface area contributed by atoms with E-state index in [1.165, 1.54) is 42.4 Å². The Morgan fingerprint density at radius 2 is 1.62 bits per heavy atom. The second-order valence-electron chi connectivity index (χ2n) is 7.08. The summed E-state index contributed by atoms with van der Waals surface area (Å²) in [6.45, 7) is 3.86. The monoisotopic (exact) mass is 349 g/mol. The molecule has 0 amide bonds. The first-order valence-corrected chi connectivity index (χ1v) is 9.99. The molecule has 3 rings (SSSR count). The van der Waals surface area contributed by atoms with Gasteiger partial charge in [-0.25, -0.2) is 0 Å². The van der Waals surface area contributed by atoms with E-state index in [1.807, 2.05) is 7.05 Å². The van der Waals surface area contributed by atoms with E-state index < -0.39 is 0 Å². The maximum absolute atomic E-state index is 5.79. The van der Waals surface area contributed by atoms with Crippen molar-refractivity contribution in [1.29, 1.82) is 0 Å². The molecule has 1 aliphatic rings. The van der Waals surface area contributed by atoms with E-state index in [2.05, 4.69) is 66.8 Å². The number of ether oxygens (including phenoxy) is 1. The third-order valence-electron chi connectivity index (χ3n) is 5.38. The van der Waals surface area contributed by atoms with E-state index in [0.717, 1.165) is 24.6 Å². The van der Waals surface area contributed by atoms with Crippen molar-refractivity contribution < 1.29 is 4.74 Å². The van der Waals surface area contributed by atoms with Gasteiger partial charge in [-0.1, -0.05) is 67.8 Å². The summed E-state index contributed by atoms with van der Waals surface area (Å²) < 4.78 is 5.79. The van der Waals surface area contributed by atoms with E-state index in [0.29, 0.717) is 6.61 Å². The van der Waals surface area contributed by atoms with Crippen LogP contribution in [0.3, 0.4) is 0 Å². The average molecular weight is 350 g/mol. The smallest absolute Gasteiger partial charge is 0.119 e. The summed E-state index contributed by atoms with van der Waals surface area (Å²) in [5, 5.41) is 3.11. The summed E-state index contributed by atoms with van der Waals surface area (Å²) in [6, 6.07) is 19.5. The summed E-state index contributed by atoms with van der Waals surface area (Å²) in [5.74, 6) is 1.68. The molecule has 0 aromatic heterocycles. The number of allylic oxidation sites excluding steroid dienone is 1. The molecule has 2 heteroatoms. The van der Waals surface area contributed by atoms with E-state index >= 15 is 0 Å². The van der Waals surface area contributed by atoms with Crippen LogP contribution in [-0.4, -0.2) is 20.2 Å². The van der Waals surface area contributed by atoms with Gasteiger partial charge in [-0.3, -0.25) is 0 Å². The van der Waals surface area contributed by atoms with Crippen LogP contribution in [0.4, 0.5) is 0 Å². The fourth-order valence-electron chi connectivity index (χ4n) is 4.07. The Bertz CT molecular complexity index is 697.